The second-order valence-electron chi connectivity index (χ2n) is 4.31. The third kappa shape index (κ3) is 15.8. The van der Waals surface area contributed by atoms with Crippen LogP contribution in [0, 0.1) is 0 Å². The Kier molecular flexibility index (Phi) is 15.7. The molecule has 0 unspecified atom stereocenters. The Balaban J connectivity index is 2.85. The topological polar surface area (TPSA) is 36.9 Å². The van der Waals surface area contributed by atoms with Crippen molar-refractivity contribution in [1.82, 2.24) is 0 Å². The summed E-state index contributed by atoms with van der Waals surface area (Å²) in [6.45, 7) is 2.81. The normalized spacial score (nSPS) is 10.9. The Morgan fingerprint density at radius 1 is 0.647 bits per heavy atom. The summed E-state index contributed by atoms with van der Waals surface area (Å²) in [6, 6.07) is 0. The van der Waals surface area contributed by atoms with Gasteiger partial charge in [0.1, 0.15) is 0 Å². The van der Waals surface area contributed by atoms with Crippen LogP contribution in [0.3, 0.4) is 0 Å². The van der Waals surface area contributed by atoms with Crippen LogP contribution in [0.4, 0.5) is 0 Å². The van der Waals surface area contributed by atoms with E-state index >= 15 is 0 Å². The first-order valence-corrected chi connectivity index (χ1v) is 6.90. The summed E-state index contributed by atoms with van der Waals surface area (Å²) in [7, 11) is 1.36. The summed E-state index contributed by atoms with van der Waals surface area (Å²) in [4.78, 5) is 8.89. The molecule has 4 nitrogen and oxygen atoms in total. The smallest absolute Gasteiger partial charge is 0.0854 e. The molecule has 0 aromatic carbocycles. The van der Waals surface area contributed by atoms with Crippen LogP contribution in [-0.2, 0) is 19.9 Å². The molecule has 0 spiro atoms. The van der Waals surface area contributed by atoms with Crippen molar-refractivity contribution in [1.29, 1.82) is 0 Å². The van der Waals surface area contributed by atoms with Crippen LogP contribution in [-0.4, -0.2) is 13.7 Å². The molecular formula is C13H28O4. The molecule has 0 N–H and O–H groups in total. The number of rotatable bonds is 14. The van der Waals surface area contributed by atoms with Crippen LogP contribution in [0.25, 0.3) is 0 Å². The van der Waals surface area contributed by atoms with Gasteiger partial charge in [-0.1, -0.05) is 64.7 Å². The molecule has 0 saturated heterocycles. The van der Waals surface area contributed by atoms with Crippen molar-refractivity contribution in [3.8, 4) is 0 Å². The summed E-state index contributed by atoms with van der Waals surface area (Å²) < 4.78 is 0. The first-order chi connectivity index (χ1) is 8.41. The van der Waals surface area contributed by atoms with Crippen LogP contribution in [0.1, 0.15) is 71.1 Å². The van der Waals surface area contributed by atoms with E-state index in [1.165, 1.54) is 64.9 Å². The van der Waals surface area contributed by atoms with Gasteiger partial charge in [0.2, 0.25) is 0 Å². The van der Waals surface area contributed by atoms with Crippen LogP contribution < -0.4 is 0 Å². The van der Waals surface area contributed by atoms with Crippen LogP contribution >= 0.6 is 0 Å². The Morgan fingerprint density at radius 3 is 1.71 bits per heavy atom. The van der Waals surface area contributed by atoms with E-state index in [1.807, 2.05) is 0 Å². The molecule has 0 aliphatic carbocycles. The van der Waals surface area contributed by atoms with Crippen LogP contribution in [0.2, 0.25) is 0 Å². The van der Waals surface area contributed by atoms with Crippen molar-refractivity contribution < 1.29 is 19.9 Å². The molecule has 0 saturated carbocycles. The SMILES string of the molecule is CCCCCCCCCCCCOOOOC. The van der Waals surface area contributed by atoms with Gasteiger partial charge in [-0.15, -0.1) is 0 Å². The molecule has 0 aliphatic heterocycles. The maximum atomic E-state index is 4.70. The van der Waals surface area contributed by atoms with E-state index in [0.717, 1.165) is 6.42 Å². The molecule has 0 atom stereocenters. The molecule has 0 radical (unpaired) electrons. The highest BCUT2D eigenvalue weighted by molar-refractivity contribution is 4.46. The van der Waals surface area contributed by atoms with Gasteiger partial charge < -0.3 is 0 Å². The summed E-state index contributed by atoms with van der Waals surface area (Å²) in [5, 5.41) is 8.35. The summed E-state index contributed by atoms with van der Waals surface area (Å²) >= 11 is 0. The molecule has 0 aromatic rings. The largest absolute Gasteiger partial charge is 0.207 e. The minimum absolute atomic E-state index is 0.555. The molecule has 0 amide bonds. The van der Waals surface area contributed by atoms with Crippen LogP contribution in [0.5, 0.6) is 0 Å². The van der Waals surface area contributed by atoms with Gasteiger partial charge in [-0.3, -0.25) is 0 Å². The van der Waals surface area contributed by atoms with Gasteiger partial charge >= 0.3 is 0 Å². The fourth-order valence-electron chi connectivity index (χ4n) is 1.73. The average molecular weight is 248 g/mol. The number of hydrogen-bond acceptors (Lipinski definition) is 4. The van der Waals surface area contributed by atoms with Crippen molar-refractivity contribution in [2.24, 2.45) is 0 Å². The van der Waals surface area contributed by atoms with Gasteiger partial charge in [-0.2, -0.15) is 0 Å². The molecule has 17 heavy (non-hydrogen) atoms. The van der Waals surface area contributed by atoms with Gasteiger partial charge in [0.15, 0.2) is 0 Å². The summed E-state index contributed by atoms with van der Waals surface area (Å²) in [6.07, 6.45) is 13.1. The Morgan fingerprint density at radius 2 is 1.18 bits per heavy atom. The summed E-state index contributed by atoms with van der Waals surface area (Å²) in [5.74, 6) is 0. The molecule has 0 aliphatic rings. The average Bonchev–Trinajstić information content (AvgIpc) is 2.35. The first kappa shape index (κ1) is 16.8. The van der Waals surface area contributed by atoms with E-state index in [9.17, 15) is 0 Å². The second kappa shape index (κ2) is 15.8. The highest BCUT2D eigenvalue weighted by atomic mass is 17.7. The molecule has 0 aromatic heterocycles. The lowest BCUT2D eigenvalue weighted by molar-refractivity contribution is -0.628. The molecule has 4 heteroatoms. The van der Waals surface area contributed by atoms with Crippen molar-refractivity contribution in [2.75, 3.05) is 13.7 Å². The molecule has 0 fully saturated rings. The van der Waals surface area contributed by atoms with Crippen molar-refractivity contribution in [3.63, 3.8) is 0 Å². The van der Waals surface area contributed by atoms with Crippen molar-refractivity contribution in [3.05, 3.63) is 0 Å². The quantitative estimate of drug-likeness (QED) is 0.260. The lowest BCUT2D eigenvalue weighted by Crippen LogP contribution is -1.97. The van der Waals surface area contributed by atoms with Gasteiger partial charge in [-0.05, 0) is 16.5 Å². The Bertz CT molecular complexity index is 117. The van der Waals surface area contributed by atoms with Gasteiger partial charge in [0, 0.05) is 0 Å². The predicted octanol–water partition coefficient (Wildman–Crippen LogP) is 4.35. The standard InChI is InChI=1S/C13H28O4/c1-3-4-5-6-7-8-9-10-11-12-13-15-17-16-14-2/h3-13H2,1-2H3. The van der Waals surface area contributed by atoms with E-state index in [1.54, 1.807) is 0 Å². The minimum Gasteiger partial charge on any atom is -0.207 e. The zero-order valence-electron chi connectivity index (χ0n) is 11.4. The molecule has 0 rings (SSSR count). The van der Waals surface area contributed by atoms with E-state index < -0.39 is 0 Å². The number of hydrogen-bond donors (Lipinski definition) is 0. The monoisotopic (exact) mass is 248 g/mol. The fraction of sp³-hybridized carbons (Fsp3) is 1.00. The maximum absolute atomic E-state index is 4.70. The van der Waals surface area contributed by atoms with Gasteiger partial charge in [0.25, 0.3) is 0 Å². The molecule has 0 heterocycles. The molecular weight excluding hydrogens is 220 g/mol. The van der Waals surface area contributed by atoms with Crippen molar-refractivity contribution >= 4 is 0 Å². The predicted molar refractivity (Wildman–Crippen MR) is 67.0 cm³/mol. The fourth-order valence-corrected chi connectivity index (χ4v) is 1.73. The van der Waals surface area contributed by atoms with Crippen molar-refractivity contribution in [2.45, 2.75) is 71.1 Å². The van der Waals surface area contributed by atoms with E-state index in [2.05, 4.69) is 21.9 Å². The third-order valence-electron chi connectivity index (χ3n) is 2.73. The lowest BCUT2D eigenvalue weighted by Gasteiger charge is -2.02. The second-order valence-corrected chi connectivity index (χ2v) is 4.31. The summed E-state index contributed by atoms with van der Waals surface area (Å²) in [5.41, 5.74) is 0. The van der Waals surface area contributed by atoms with Crippen LogP contribution in [0.15, 0.2) is 0 Å². The Labute approximate surface area is 105 Å². The first-order valence-electron chi connectivity index (χ1n) is 6.90. The van der Waals surface area contributed by atoms with E-state index in [0.29, 0.717) is 6.61 Å². The lowest BCUT2D eigenvalue weighted by atomic mass is 10.1. The van der Waals surface area contributed by atoms with Gasteiger partial charge in [0.05, 0.1) is 13.7 Å². The highest BCUT2D eigenvalue weighted by Crippen LogP contribution is 2.10. The van der Waals surface area contributed by atoms with E-state index in [4.69, 9.17) is 4.89 Å². The molecule has 104 valence electrons. The molecule has 0 bridgehead atoms. The third-order valence-corrected chi connectivity index (χ3v) is 2.73. The number of unbranched alkanes of at least 4 members (excludes halogenated alkanes) is 9. The Hall–Kier alpha value is -0.160. The van der Waals surface area contributed by atoms with Gasteiger partial charge in [-0.25, -0.2) is 9.78 Å². The highest BCUT2D eigenvalue weighted by Gasteiger charge is 1.93. The zero-order chi connectivity index (χ0) is 12.6. The zero-order valence-corrected chi connectivity index (χ0v) is 11.4. The maximum Gasteiger partial charge on any atom is 0.0854 e. The van der Waals surface area contributed by atoms with E-state index in [-0.39, 0.29) is 0 Å². The minimum atomic E-state index is 0.555.